The third-order valence-corrected chi connectivity index (χ3v) is 5.83. The molecule has 0 radical (unpaired) electrons. The summed E-state index contributed by atoms with van der Waals surface area (Å²) in [7, 11) is 0. The van der Waals surface area contributed by atoms with Crippen molar-refractivity contribution in [2.45, 2.75) is 20.4 Å². The predicted molar refractivity (Wildman–Crippen MR) is 119 cm³/mol. The molecule has 7 heteroatoms. The monoisotopic (exact) mass is 420 g/mol. The number of thiazole rings is 1. The number of nitrogens with one attached hydrogen (secondary N) is 1. The van der Waals surface area contributed by atoms with Gasteiger partial charge in [0.15, 0.2) is 5.13 Å². The average molecular weight is 421 g/mol. The Kier molecular flexibility index (Phi) is 5.37. The molecule has 5 nitrogen and oxygen atoms in total. The lowest BCUT2D eigenvalue weighted by Gasteiger charge is -2.12. The van der Waals surface area contributed by atoms with E-state index in [1.165, 1.54) is 17.4 Å². The summed E-state index contributed by atoms with van der Waals surface area (Å²) < 4.78 is 16.1. The van der Waals surface area contributed by atoms with Crippen LogP contribution in [-0.2, 0) is 6.54 Å². The van der Waals surface area contributed by atoms with Gasteiger partial charge in [-0.25, -0.2) is 9.37 Å². The maximum absolute atomic E-state index is 14.3. The first kappa shape index (κ1) is 19.8. The van der Waals surface area contributed by atoms with E-state index in [-0.39, 0.29) is 12.4 Å². The number of nitrogens with zero attached hydrogens (tertiary/aromatic N) is 2. The van der Waals surface area contributed by atoms with Crippen LogP contribution in [0.15, 0.2) is 60.0 Å². The fraction of sp³-hybridized carbons (Fsp3) is 0.130. The Hall–Kier alpha value is -3.45. The van der Waals surface area contributed by atoms with E-state index in [0.29, 0.717) is 22.5 Å². The van der Waals surface area contributed by atoms with Crippen LogP contribution >= 0.6 is 11.3 Å². The fourth-order valence-corrected chi connectivity index (χ4v) is 4.10. The highest BCUT2D eigenvalue weighted by Crippen LogP contribution is 2.31. The van der Waals surface area contributed by atoms with Crippen molar-refractivity contribution in [1.82, 2.24) is 9.55 Å². The first-order valence-corrected chi connectivity index (χ1v) is 10.3. The second-order valence-corrected chi connectivity index (χ2v) is 7.91. The van der Waals surface area contributed by atoms with E-state index in [4.69, 9.17) is 10.7 Å². The lowest BCUT2D eigenvalue weighted by molar-refractivity contribution is 0.0999. The van der Waals surface area contributed by atoms with Gasteiger partial charge in [-0.15, -0.1) is 11.3 Å². The molecule has 0 aliphatic heterocycles. The Bertz CT molecular complexity index is 1230. The molecule has 152 valence electrons. The van der Waals surface area contributed by atoms with E-state index in [9.17, 15) is 9.18 Å². The molecule has 0 aliphatic carbocycles. The molecule has 0 fully saturated rings. The lowest BCUT2D eigenvalue weighted by Crippen LogP contribution is -2.13. The molecule has 0 aliphatic rings. The van der Waals surface area contributed by atoms with Gasteiger partial charge in [0.2, 0.25) is 0 Å². The molecular weight excluding hydrogens is 399 g/mol. The molecule has 0 unspecified atom stereocenters. The van der Waals surface area contributed by atoms with Gasteiger partial charge < -0.3 is 15.6 Å². The highest BCUT2D eigenvalue weighted by atomic mass is 32.1. The molecule has 0 saturated carbocycles. The van der Waals surface area contributed by atoms with Crippen molar-refractivity contribution < 1.29 is 9.18 Å². The van der Waals surface area contributed by atoms with Crippen molar-refractivity contribution in [3.05, 3.63) is 88.2 Å². The number of hydrogen-bond donors (Lipinski definition) is 2. The molecule has 0 saturated heterocycles. The van der Waals surface area contributed by atoms with E-state index in [2.05, 4.69) is 5.32 Å². The zero-order valence-corrected chi connectivity index (χ0v) is 17.5. The third-order valence-electron chi connectivity index (χ3n) is 5.07. The number of halogens is 1. The SMILES string of the molecule is Cc1ccccc1Nc1nc(-c2cc(C(N)=O)c(C)n2Cc2ccccc2F)cs1. The van der Waals surface area contributed by atoms with Crippen LogP contribution in [-0.4, -0.2) is 15.5 Å². The van der Waals surface area contributed by atoms with Gasteiger partial charge in [-0.2, -0.15) is 0 Å². The summed E-state index contributed by atoms with van der Waals surface area (Å²) in [6, 6.07) is 16.3. The maximum atomic E-state index is 14.3. The molecule has 2 aromatic heterocycles. The molecule has 4 aromatic rings. The number of rotatable bonds is 6. The normalized spacial score (nSPS) is 10.9. The Morgan fingerprint density at radius 1 is 1.17 bits per heavy atom. The topological polar surface area (TPSA) is 72.9 Å². The number of aryl methyl sites for hydroxylation is 1. The highest BCUT2D eigenvalue weighted by molar-refractivity contribution is 7.14. The molecule has 0 spiro atoms. The zero-order chi connectivity index (χ0) is 21.3. The summed E-state index contributed by atoms with van der Waals surface area (Å²) >= 11 is 1.46. The van der Waals surface area contributed by atoms with Crippen LogP contribution < -0.4 is 11.1 Å². The number of aromatic nitrogens is 2. The van der Waals surface area contributed by atoms with Gasteiger partial charge >= 0.3 is 0 Å². The lowest BCUT2D eigenvalue weighted by atomic mass is 10.2. The van der Waals surface area contributed by atoms with Gasteiger partial charge in [-0.05, 0) is 37.6 Å². The van der Waals surface area contributed by atoms with E-state index >= 15 is 0 Å². The first-order chi connectivity index (χ1) is 14.4. The summed E-state index contributed by atoms with van der Waals surface area (Å²) in [5, 5.41) is 5.98. The van der Waals surface area contributed by atoms with Crippen LogP contribution in [0.1, 0.15) is 27.2 Å². The molecule has 2 heterocycles. The molecular formula is C23H21FN4OS. The van der Waals surface area contributed by atoms with Crippen molar-refractivity contribution in [3.63, 3.8) is 0 Å². The van der Waals surface area contributed by atoms with Gasteiger partial charge in [0.25, 0.3) is 5.91 Å². The van der Waals surface area contributed by atoms with Gasteiger partial charge in [-0.3, -0.25) is 4.79 Å². The van der Waals surface area contributed by atoms with Gasteiger partial charge in [0.1, 0.15) is 5.82 Å². The number of carbonyl (C=O) groups is 1. The minimum absolute atomic E-state index is 0.277. The standard InChI is InChI=1S/C23H21FN4OS/c1-14-7-3-6-10-19(14)26-23-27-20(13-30-23)21-11-17(22(25)29)15(2)28(21)12-16-8-4-5-9-18(16)24/h3-11,13H,12H2,1-2H3,(H2,25,29)(H,26,27). The summed E-state index contributed by atoms with van der Waals surface area (Å²) in [6.07, 6.45) is 0. The number of amides is 1. The van der Waals surface area contributed by atoms with Crippen LogP contribution in [0, 0.1) is 19.7 Å². The minimum atomic E-state index is -0.519. The number of anilines is 2. The molecule has 0 atom stereocenters. The van der Waals surface area contributed by atoms with Gasteiger partial charge in [0.05, 0.1) is 23.5 Å². The Morgan fingerprint density at radius 3 is 2.63 bits per heavy atom. The number of carbonyl (C=O) groups excluding carboxylic acids is 1. The first-order valence-electron chi connectivity index (χ1n) is 9.46. The molecule has 3 N–H and O–H groups in total. The van der Waals surface area contributed by atoms with Crippen LogP contribution in [0.25, 0.3) is 11.4 Å². The number of nitrogens with two attached hydrogens (primary N) is 1. The van der Waals surface area contributed by atoms with Crippen molar-refractivity contribution in [2.75, 3.05) is 5.32 Å². The highest BCUT2D eigenvalue weighted by Gasteiger charge is 2.19. The van der Waals surface area contributed by atoms with Crippen LogP contribution in [0.3, 0.4) is 0 Å². The van der Waals surface area contributed by atoms with Crippen LogP contribution in [0.2, 0.25) is 0 Å². The van der Waals surface area contributed by atoms with Crippen molar-refractivity contribution in [3.8, 4) is 11.4 Å². The Balaban J connectivity index is 1.73. The smallest absolute Gasteiger partial charge is 0.250 e. The van der Waals surface area contributed by atoms with E-state index in [0.717, 1.165) is 22.1 Å². The number of hydrogen-bond acceptors (Lipinski definition) is 4. The minimum Gasteiger partial charge on any atom is -0.366 e. The zero-order valence-electron chi connectivity index (χ0n) is 16.6. The average Bonchev–Trinajstić information content (AvgIpc) is 3.30. The van der Waals surface area contributed by atoms with Crippen molar-refractivity contribution in [2.24, 2.45) is 5.73 Å². The number of para-hydroxylation sites is 1. The van der Waals surface area contributed by atoms with Crippen molar-refractivity contribution >= 4 is 28.1 Å². The maximum Gasteiger partial charge on any atom is 0.250 e. The number of primary amides is 1. The van der Waals surface area contributed by atoms with E-state index in [1.54, 1.807) is 24.3 Å². The number of benzene rings is 2. The summed E-state index contributed by atoms with van der Waals surface area (Å²) in [6.45, 7) is 4.11. The molecule has 4 rings (SSSR count). The Morgan fingerprint density at radius 2 is 1.90 bits per heavy atom. The Labute approximate surface area is 178 Å². The second kappa shape index (κ2) is 8.12. The largest absolute Gasteiger partial charge is 0.366 e. The quantitative estimate of drug-likeness (QED) is 0.447. The van der Waals surface area contributed by atoms with Gasteiger partial charge in [-0.1, -0.05) is 36.4 Å². The molecule has 2 aromatic carbocycles. The van der Waals surface area contributed by atoms with Crippen LogP contribution in [0.5, 0.6) is 0 Å². The molecule has 1 amide bonds. The van der Waals surface area contributed by atoms with Crippen LogP contribution in [0.4, 0.5) is 15.2 Å². The fourth-order valence-electron chi connectivity index (χ4n) is 3.38. The predicted octanol–water partition coefficient (Wildman–Crippen LogP) is 5.26. The van der Waals surface area contributed by atoms with Crippen molar-refractivity contribution in [1.29, 1.82) is 0 Å². The third kappa shape index (κ3) is 3.84. The summed E-state index contributed by atoms with van der Waals surface area (Å²) in [5.74, 6) is -0.813. The van der Waals surface area contributed by atoms with E-state index < -0.39 is 5.91 Å². The molecule has 0 bridgehead atoms. The molecule has 30 heavy (non-hydrogen) atoms. The second-order valence-electron chi connectivity index (χ2n) is 7.05. The summed E-state index contributed by atoms with van der Waals surface area (Å²) in [4.78, 5) is 16.6. The summed E-state index contributed by atoms with van der Waals surface area (Å²) in [5.41, 5.74) is 10.7. The van der Waals surface area contributed by atoms with Gasteiger partial charge in [0, 0.05) is 22.3 Å². The van der Waals surface area contributed by atoms with E-state index in [1.807, 2.05) is 48.1 Å².